The van der Waals surface area contributed by atoms with E-state index >= 15 is 0 Å². The summed E-state index contributed by atoms with van der Waals surface area (Å²) >= 11 is 0. The van der Waals surface area contributed by atoms with Crippen LogP contribution < -0.4 is 5.32 Å². The van der Waals surface area contributed by atoms with Crippen LogP contribution in [0.1, 0.15) is 33.1 Å². The van der Waals surface area contributed by atoms with Crippen molar-refractivity contribution in [2.24, 2.45) is 11.8 Å². The number of nitrogens with one attached hydrogen (secondary N) is 1. The molecule has 1 saturated heterocycles. The van der Waals surface area contributed by atoms with E-state index < -0.39 is 12.0 Å². The molecule has 6 nitrogen and oxygen atoms in total. The van der Waals surface area contributed by atoms with E-state index in [0.29, 0.717) is 12.5 Å². The standard InChI is InChI=1S/C14H22N2O4/c1-3-20-14(19)9(2)15-13(18)11-6-12(17)16(8-11)7-10-4-5-10/h9-11H,3-8H2,1-2H3,(H,15,18). The van der Waals surface area contributed by atoms with Gasteiger partial charge in [0, 0.05) is 19.5 Å². The van der Waals surface area contributed by atoms with E-state index in [2.05, 4.69) is 5.32 Å². The van der Waals surface area contributed by atoms with Gasteiger partial charge in [0.15, 0.2) is 0 Å². The molecular formula is C14H22N2O4. The van der Waals surface area contributed by atoms with Crippen LogP contribution in [0.25, 0.3) is 0 Å². The normalized spacial score (nSPS) is 23.6. The fraction of sp³-hybridized carbons (Fsp3) is 0.786. The lowest BCUT2D eigenvalue weighted by Gasteiger charge is -2.17. The minimum atomic E-state index is -0.671. The molecule has 2 atom stereocenters. The van der Waals surface area contributed by atoms with Crippen molar-refractivity contribution in [3.63, 3.8) is 0 Å². The Morgan fingerprint density at radius 2 is 2.15 bits per heavy atom. The van der Waals surface area contributed by atoms with Gasteiger partial charge in [0.2, 0.25) is 11.8 Å². The number of esters is 1. The number of ether oxygens (including phenoxy) is 1. The first-order chi connectivity index (χ1) is 9.51. The average molecular weight is 282 g/mol. The first kappa shape index (κ1) is 14.8. The van der Waals surface area contributed by atoms with Crippen molar-refractivity contribution in [2.45, 2.75) is 39.2 Å². The van der Waals surface area contributed by atoms with Gasteiger partial charge in [0.25, 0.3) is 0 Å². The molecule has 6 heteroatoms. The minimum Gasteiger partial charge on any atom is -0.464 e. The number of likely N-dealkylation sites (tertiary alicyclic amines) is 1. The number of carbonyl (C=O) groups excluding carboxylic acids is 3. The van der Waals surface area contributed by atoms with Gasteiger partial charge >= 0.3 is 5.97 Å². The van der Waals surface area contributed by atoms with Crippen LogP contribution >= 0.6 is 0 Å². The van der Waals surface area contributed by atoms with Gasteiger partial charge in [0.05, 0.1) is 12.5 Å². The highest BCUT2D eigenvalue weighted by Crippen LogP contribution is 2.31. The van der Waals surface area contributed by atoms with Gasteiger partial charge in [-0.2, -0.15) is 0 Å². The van der Waals surface area contributed by atoms with Gasteiger partial charge in [-0.3, -0.25) is 9.59 Å². The predicted molar refractivity (Wildman–Crippen MR) is 71.6 cm³/mol. The zero-order valence-electron chi connectivity index (χ0n) is 12.1. The molecule has 0 aromatic heterocycles. The van der Waals surface area contributed by atoms with Gasteiger partial charge in [-0.15, -0.1) is 0 Å². The summed E-state index contributed by atoms with van der Waals surface area (Å²) in [7, 11) is 0. The number of nitrogens with zero attached hydrogens (tertiary/aromatic N) is 1. The highest BCUT2D eigenvalue weighted by molar-refractivity contribution is 5.91. The lowest BCUT2D eigenvalue weighted by Crippen LogP contribution is -2.43. The molecule has 0 spiro atoms. The van der Waals surface area contributed by atoms with Crippen molar-refractivity contribution in [1.82, 2.24) is 10.2 Å². The Kier molecular flexibility index (Phi) is 4.62. The van der Waals surface area contributed by atoms with Crippen LogP contribution in [0.2, 0.25) is 0 Å². The fourth-order valence-corrected chi connectivity index (χ4v) is 2.39. The molecule has 2 aliphatic rings. The lowest BCUT2D eigenvalue weighted by atomic mass is 10.1. The number of rotatable bonds is 6. The van der Waals surface area contributed by atoms with E-state index in [9.17, 15) is 14.4 Å². The maximum Gasteiger partial charge on any atom is 0.328 e. The molecule has 1 saturated carbocycles. The fourth-order valence-electron chi connectivity index (χ4n) is 2.39. The van der Waals surface area contributed by atoms with Gasteiger partial charge in [-0.1, -0.05) is 0 Å². The van der Waals surface area contributed by atoms with Crippen molar-refractivity contribution in [3.05, 3.63) is 0 Å². The Bertz CT molecular complexity index is 406. The van der Waals surface area contributed by atoms with Gasteiger partial charge in [-0.25, -0.2) is 4.79 Å². The zero-order chi connectivity index (χ0) is 14.7. The second-order valence-corrected chi connectivity index (χ2v) is 5.63. The number of hydrogen-bond acceptors (Lipinski definition) is 4. The molecule has 2 fully saturated rings. The third-order valence-corrected chi connectivity index (χ3v) is 3.76. The van der Waals surface area contributed by atoms with Gasteiger partial charge in [-0.05, 0) is 32.6 Å². The second kappa shape index (κ2) is 6.24. The smallest absolute Gasteiger partial charge is 0.328 e. The summed E-state index contributed by atoms with van der Waals surface area (Å²) in [5.41, 5.74) is 0. The van der Waals surface area contributed by atoms with Crippen LogP contribution in [0, 0.1) is 11.8 Å². The molecule has 0 radical (unpaired) electrons. The van der Waals surface area contributed by atoms with Crippen LogP contribution in [-0.4, -0.2) is 48.4 Å². The van der Waals surface area contributed by atoms with Crippen molar-refractivity contribution in [2.75, 3.05) is 19.7 Å². The highest BCUT2D eigenvalue weighted by atomic mass is 16.5. The van der Waals surface area contributed by atoms with Crippen LogP contribution in [0.5, 0.6) is 0 Å². The van der Waals surface area contributed by atoms with Crippen LogP contribution in [0.4, 0.5) is 0 Å². The van der Waals surface area contributed by atoms with Crippen molar-refractivity contribution in [1.29, 1.82) is 0 Å². The topological polar surface area (TPSA) is 75.7 Å². The first-order valence-corrected chi connectivity index (χ1v) is 7.26. The number of carbonyl (C=O) groups is 3. The van der Waals surface area contributed by atoms with Crippen molar-refractivity contribution >= 4 is 17.8 Å². The molecule has 0 aromatic rings. The summed E-state index contributed by atoms with van der Waals surface area (Å²) in [5, 5.41) is 2.62. The summed E-state index contributed by atoms with van der Waals surface area (Å²) in [5.74, 6) is -0.365. The molecule has 1 N–H and O–H groups in total. The van der Waals surface area contributed by atoms with Crippen LogP contribution in [0.15, 0.2) is 0 Å². The Morgan fingerprint density at radius 3 is 2.75 bits per heavy atom. The molecule has 0 aromatic carbocycles. The van der Waals surface area contributed by atoms with Crippen LogP contribution in [0.3, 0.4) is 0 Å². The highest BCUT2D eigenvalue weighted by Gasteiger charge is 2.37. The third kappa shape index (κ3) is 3.71. The Morgan fingerprint density at radius 1 is 1.45 bits per heavy atom. The Hall–Kier alpha value is -1.59. The van der Waals surface area contributed by atoms with E-state index in [4.69, 9.17) is 4.74 Å². The largest absolute Gasteiger partial charge is 0.464 e. The predicted octanol–water partition coefficient (Wildman–Crippen LogP) is 0.313. The molecule has 1 heterocycles. The Labute approximate surface area is 118 Å². The summed E-state index contributed by atoms with van der Waals surface area (Å²) in [6, 6.07) is -0.671. The first-order valence-electron chi connectivity index (χ1n) is 7.26. The van der Waals surface area contributed by atoms with Gasteiger partial charge < -0.3 is 15.0 Å². The second-order valence-electron chi connectivity index (χ2n) is 5.63. The Balaban J connectivity index is 1.80. The quantitative estimate of drug-likeness (QED) is 0.712. The summed E-state index contributed by atoms with van der Waals surface area (Å²) < 4.78 is 4.84. The average Bonchev–Trinajstić information content (AvgIpc) is 3.13. The van der Waals surface area contributed by atoms with E-state index in [-0.39, 0.29) is 30.8 Å². The van der Waals surface area contributed by atoms with Gasteiger partial charge in [0.1, 0.15) is 6.04 Å². The molecule has 112 valence electrons. The summed E-state index contributed by atoms with van der Waals surface area (Å²) in [6.45, 7) is 4.84. The maximum absolute atomic E-state index is 12.1. The molecule has 2 rings (SSSR count). The molecule has 2 unspecified atom stereocenters. The number of hydrogen-bond donors (Lipinski definition) is 1. The van der Waals surface area contributed by atoms with E-state index in [1.165, 1.54) is 12.8 Å². The molecule has 1 aliphatic heterocycles. The molecule has 1 aliphatic carbocycles. The third-order valence-electron chi connectivity index (χ3n) is 3.76. The van der Waals surface area contributed by atoms with Crippen molar-refractivity contribution < 1.29 is 19.1 Å². The van der Waals surface area contributed by atoms with E-state index in [0.717, 1.165) is 6.54 Å². The molecular weight excluding hydrogens is 260 g/mol. The minimum absolute atomic E-state index is 0.0424. The van der Waals surface area contributed by atoms with Crippen LogP contribution in [-0.2, 0) is 19.1 Å². The van der Waals surface area contributed by atoms with E-state index in [1.807, 2.05) is 0 Å². The summed E-state index contributed by atoms with van der Waals surface area (Å²) in [4.78, 5) is 37.1. The maximum atomic E-state index is 12.1. The lowest BCUT2D eigenvalue weighted by molar-refractivity contribution is -0.147. The molecule has 20 heavy (non-hydrogen) atoms. The SMILES string of the molecule is CCOC(=O)C(C)NC(=O)C1CC(=O)N(CC2CC2)C1. The zero-order valence-corrected chi connectivity index (χ0v) is 12.1. The molecule has 2 amide bonds. The monoisotopic (exact) mass is 282 g/mol. The molecule has 0 bridgehead atoms. The number of amides is 2. The van der Waals surface area contributed by atoms with E-state index in [1.54, 1.807) is 18.7 Å². The summed E-state index contributed by atoms with van der Waals surface area (Å²) in [6.07, 6.45) is 2.61. The van der Waals surface area contributed by atoms with Crippen molar-refractivity contribution in [3.8, 4) is 0 Å².